The summed E-state index contributed by atoms with van der Waals surface area (Å²) in [4.78, 5) is 0. The highest BCUT2D eigenvalue weighted by molar-refractivity contribution is 14.1. The summed E-state index contributed by atoms with van der Waals surface area (Å²) in [7, 11) is 2.13. The Morgan fingerprint density at radius 1 is 1.05 bits per heavy atom. The molecule has 110 valence electrons. The quantitative estimate of drug-likeness (QED) is 0.391. The van der Waals surface area contributed by atoms with Gasteiger partial charge in [0.2, 0.25) is 0 Å². The SMILES string of the molecule is CCCC#Cc1ccccc1-c1c(I)c2ccccc2n1C. The molecule has 0 aliphatic heterocycles. The standard InChI is InChI=1S/C20H18IN/c1-3-4-5-10-15-11-6-7-12-16(15)20-19(21)17-13-8-9-14-18(17)22(20)2/h6-9,11-14H,3-4H2,1-2H3. The van der Waals surface area contributed by atoms with Crippen molar-refractivity contribution in [1.82, 2.24) is 4.57 Å². The third kappa shape index (κ3) is 2.66. The number of aryl methyl sites for hydroxylation is 1. The average Bonchev–Trinajstić information content (AvgIpc) is 2.80. The Morgan fingerprint density at radius 2 is 1.77 bits per heavy atom. The number of nitrogens with zero attached hydrogens (tertiary/aromatic N) is 1. The summed E-state index contributed by atoms with van der Waals surface area (Å²) >= 11 is 2.46. The molecule has 0 bridgehead atoms. The molecular weight excluding hydrogens is 381 g/mol. The van der Waals surface area contributed by atoms with Gasteiger partial charge in [0.1, 0.15) is 0 Å². The number of para-hydroxylation sites is 1. The lowest BCUT2D eigenvalue weighted by atomic mass is 10.0. The molecule has 22 heavy (non-hydrogen) atoms. The fraction of sp³-hybridized carbons (Fsp3) is 0.200. The van der Waals surface area contributed by atoms with E-state index in [0.29, 0.717) is 0 Å². The molecule has 3 rings (SSSR count). The zero-order valence-electron chi connectivity index (χ0n) is 12.9. The van der Waals surface area contributed by atoms with Crippen LogP contribution in [0.5, 0.6) is 0 Å². The molecule has 1 heterocycles. The largest absolute Gasteiger partial charge is 0.343 e. The van der Waals surface area contributed by atoms with E-state index < -0.39 is 0 Å². The van der Waals surface area contributed by atoms with Crippen molar-refractivity contribution in [3.63, 3.8) is 0 Å². The zero-order chi connectivity index (χ0) is 15.5. The first kappa shape index (κ1) is 15.2. The fourth-order valence-corrected chi connectivity index (χ4v) is 3.84. The van der Waals surface area contributed by atoms with Crippen molar-refractivity contribution in [3.05, 3.63) is 57.7 Å². The Kier molecular flexibility index (Phi) is 4.54. The van der Waals surface area contributed by atoms with Crippen LogP contribution in [0.4, 0.5) is 0 Å². The van der Waals surface area contributed by atoms with Gasteiger partial charge >= 0.3 is 0 Å². The minimum Gasteiger partial charge on any atom is -0.343 e. The normalized spacial score (nSPS) is 10.5. The van der Waals surface area contributed by atoms with Crippen molar-refractivity contribution < 1.29 is 0 Å². The van der Waals surface area contributed by atoms with Crippen LogP contribution in [0.1, 0.15) is 25.3 Å². The lowest BCUT2D eigenvalue weighted by Crippen LogP contribution is -1.94. The zero-order valence-corrected chi connectivity index (χ0v) is 15.0. The minimum atomic E-state index is 0.945. The Bertz CT molecular complexity index is 839. The summed E-state index contributed by atoms with van der Waals surface area (Å²) in [6.45, 7) is 2.16. The van der Waals surface area contributed by atoms with Crippen LogP contribution in [0.15, 0.2) is 48.5 Å². The van der Waals surface area contributed by atoms with Gasteiger partial charge in [-0.05, 0) is 41.1 Å². The van der Waals surface area contributed by atoms with Crippen molar-refractivity contribution in [3.8, 4) is 23.1 Å². The molecule has 0 unspecified atom stereocenters. The molecule has 0 radical (unpaired) electrons. The van der Waals surface area contributed by atoms with Crippen LogP contribution in [0.3, 0.4) is 0 Å². The van der Waals surface area contributed by atoms with Crippen molar-refractivity contribution in [1.29, 1.82) is 0 Å². The van der Waals surface area contributed by atoms with Crippen LogP contribution in [-0.4, -0.2) is 4.57 Å². The molecule has 0 aliphatic carbocycles. The molecular formula is C20H18IN. The molecule has 0 spiro atoms. The van der Waals surface area contributed by atoms with Gasteiger partial charge < -0.3 is 4.57 Å². The van der Waals surface area contributed by atoms with E-state index in [0.717, 1.165) is 18.4 Å². The number of aromatic nitrogens is 1. The molecule has 2 heteroatoms. The monoisotopic (exact) mass is 399 g/mol. The van der Waals surface area contributed by atoms with Gasteiger partial charge in [0.25, 0.3) is 0 Å². The van der Waals surface area contributed by atoms with E-state index in [4.69, 9.17) is 0 Å². The highest BCUT2D eigenvalue weighted by Gasteiger charge is 2.16. The number of benzene rings is 2. The predicted octanol–water partition coefficient (Wildman–Crippen LogP) is 5.60. The fourth-order valence-electron chi connectivity index (χ4n) is 2.73. The maximum absolute atomic E-state index is 3.34. The summed E-state index contributed by atoms with van der Waals surface area (Å²) in [5.41, 5.74) is 4.84. The van der Waals surface area contributed by atoms with E-state index in [1.165, 1.54) is 25.7 Å². The molecule has 0 atom stereocenters. The molecule has 1 aromatic heterocycles. The predicted molar refractivity (Wildman–Crippen MR) is 103 cm³/mol. The highest BCUT2D eigenvalue weighted by atomic mass is 127. The van der Waals surface area contributed by atoms with Crippen LogP contribution in [0, 0.1) is 15.4 Å². The number of rotatable bonds is 2. The third-order valence-electron chi connectivity index (χ3n) is 3.83. The van der Waals surface area contributed by atoms with E-state index in [9.17, 15) is 0 Å². The van der Waals surface area contributed by atoms with E-state index >= 15 is 0 Å². The molecule has 0 amide bonds. The first-order valence-corrected chi connectivity index (χ1v) is 8.63. The molecule has 0 saturated carbocycles. The number of fused-ring (bicyclic) bond motifs is 1. The molecule has 0 aliphatic rings. The van der Waals surface area contributed by atoms with Crippen LogP contribution in [0.2, 0.25) is 0 Å². The molecule has 0 saturated heterocycles. The van der Waals surface area contributed by atoms with Crippen molar-refractivity contribution in [2.75, 3.05) is 0 Å². The summed E-state index contributed by atoms with van der Waals surface area (Å²) < 4.78 is 3.57. The smallest absolute Gasteiger partial charge is 0.0637 e. The van der Waals surface area contributed by atoms with Gasteiger partial charge in [0.15, 0.2) is 0 Å². The second-order valence-corrected chi connectivity index (χ2v) is 6.41. The van der Waals surface area contributed by atoms with E-state index in [1.54, 1.807) is 0 Å². The Hall–Kier alpha value is -1.73. The summed E-state index contributed by atoms with van der Waals surface area (Å²) in [6, 6.07) is 17.0. The second kappa shape index (κ2) is 6.58. The third-order valence-corrected chi connectivity index (χ3v) is 4.92. The average molecular weight is 399 g/mol. The van der Waals surface area contributed by atoms with Crippen LogP contribution < -0.4 is 0 Å². The summed E-state index contributed by atoms with van der Waals surface area (Å²) in [5.74, 6) is 6.62. The van der Waals surface area contributed by atoms with Crippen LogP contribution >= 0.6 is 22.6 Å². The Balaban J connectivity index is 2.23. The summed E-state index contributed by atoms with van der Waals surface area (Å²) in [5, 5.41) is 1.30. The van der Waals surface area contributed by atoms with E-state index in [2.05, 4.69) is 102 Å². The van der Waals surface area contributed by atoms with Crippen LogP contribution in [0.25, 0.3) is 22.2 Å². The summed E-state index contributed by atoms with van der Waals surface area (Å²) in [6.07, 6.45) is 2.04. The molecule has 0 fully saturated rings. The number of hydrogen-bond donors (Lipinski definition) is 0. The Labute approximate surface area is 145 Å². The maximum atomic E-state index is 3.34. The van der Waals surface area contributed by atoms with Gasteiger partial charge in [-0.2, -0.15) is 0 Å². The van der Waals surface area contributed by atoms with E-state index in [1.807, 2.05) is 0 Å². The molecule has 3 aromatic rings. The van der Waals surface area contributed by atoms with E-state index in [-0.39, 0.29) is 0 Å². The van der Waals surface area contributed by atoms with Crippen molar-refractivity contribution in [2.45, 2.75) is 19.8 Å². The molecule has 0 N–H and O–H groups in total. The molecule has 2 aromatic carbocycles. The van der Waals surface area contributed by atoms with Gasteiger partial charge in [-0.25, -0.2) is 0 Å². The lowest BCUT2D eigenvalue weighted by Gasteiger charge is -2.08. The van der Waals surface area contributed by atoms with Gasteiger partial charge in [-0.3, -0.25) is 0 Å². The topological polar surface area (TPSA) is 4.93 Å². The number of hydrogen-bond acceptors (Lipinski definition) is 0. The second-order valence-electron chi connectivity index (χ2n) is 5.34. The van der Waals surface area contributed by atoms with Crippen molar-refractivity contribution >= 4 is 33.5 Å². The first-order chi connectivity index (χ1) is 10.7. The van der Waals surface area contributed by atoms with Gasteiger partial charge in [0.05, 0.1) is 5.69 Å². The molecule has 1 nitrogen and oxygen atoms in total. The maximum Gasteiger partial charge on any atom is 0.0637 e. The van der Waals surface area contributed by atoms with Gasteiger partial charge in [-0.15, -0.1) is 0 Å². The highest BCUT2D eigenvalue weighted by Crippen LogP contribution is 2.35. The van der Waals surface area contributed by atoms with Crippen molar-refractivity contribution in [2.24, 2.45) is 7.05 Å². The van der Waals surface area contributed by atoms with Gasteiger partial charge in [-0.1, -0.05) is 55.2 Å². The van der Waals surface area contributed by atoms with Crippen LogP contribution in [-0.2, 0) is 7.05 Å². The number of unbranched alkanes of at least 4 members (excludes halogenated alkanes) is 1. The van der Waals surface area contributed by atoms with Gasteiger partial charge in [0, 0.05) is 39.1 Å². The lowest BCUT2D eigenvalue weighted by molar-refractivity contribution is 0.974. The minimum absolute atomic E-state index is 0.945. The first-order valence-electron chi connectivity index (χ1n) is 7.55. The Morgan fingerprint density at radius 3 is 2.55 bits per heavy atom. The number of halogens is 1.